The maximum atomic E-state index is 15.3. The average Bonchev–Trinajstić information content (AvgIpc) is 0.762. The number of nitrogens with one attached hydrogen (secondary N) is 8. The summed E-state index contributed by atoms with van der Waals surface area (Å²) < 4.78 is 70.3. The lowest BCUT2D eigenvalue weighted by molar-refractivity contribution is -0.305. The standard InChI is InChI=1S/C80H86N12O20/c81-42-41-59(105-75(96)86-50-29-13-3-14-30-50)72(94)92-58-45-57(83)56(44-60-68(110-78(99)89-53-35-19-6-20-36-53)71(112-80(101)91-55-39-23-8-24-40-55)69(61(46-82)103-60)111-79(100)90-54-37-21-7-22-38-54)65(108-76(97)87-51-31-15-4-16-32-51)66(58)107-73-70(106-63(93)43-48-25-9-1-10-26-48)64(84)67(109-77(98)88-52-33-17-5-18-34-52)62(104-73)47-102-74(95)85-49-27-11-2-12-28-49/h1-40,56-62,64-71,73H,41-47,81-84H2,(H,85,95)(H,86,96)(H,87,97)(H,88,98)(H,89,99)(H,90,100)(H,91,101)(H,92,94)/t56-,57+,58-,59+,60-,61-,62-,64+,65+,66+,67-,68+,69-,70-,71-,73-/m1/s1. The van der Waals surface area contributed by atoms with Crippen LogP contribution >= 0.6 is 0 Å². The molecule has 8 aromatic carbocycles. The van der Waals surface area contributed by atoms with E-state index in [4.69, 9.17) is 75.0 Å². The first-order chi connectivity index (χ1) is 54.4. The summed E-state index contributed by atoms with van der Waals surface area (Å²) in [6.07, 6.45) is -30.4. The van der Waals surface area contributed by atoms with E-state index in [9.17, 15) is 33.6 Å². The van der Waals surface area contributed by atoms with Crippen molar-refractivity contribution in [2.24, 2.45) is 28.9 Å². The fourth-order valence-corrected chi connectivity index (χ4v) is 13.0. The molecular weight excluding hydrogens is 1450 g/mol. The normalized spacial score (nSPS) is 23.3. The Morgan fingerprint density at radius 2 is 0.768 bits per heavy atom. The van der Waals surface area contributed by atoms with E-state index >= 15 is 9.59 Å². The zero-order chi connectivity index (χ0) is 78.7. The van der Waals surface area contributed by atoms with Gasteiger partial charge in [0.05, 0.1) is 24.6 Å². The fraction of sp³-hybridized carbons (Fsp3) is 0.287. The Bertz CT molecular complexity index is 4370. The van der Waals surface area contributed by atoms with Crippen LogP contribution in [0.1, 0.15) is 24.8 Å². The first-order valence-corrected chi connectivity index (χ1v) is 36.0. The highest BCUT2D eigenvalue weighted by molar-refractivity contribution is 5.90. The molecule has 2 heterocycles. The number of amides is 8. The van der Waals surface area contributed by atoms with Gasteiger partial charge in [-0.15, -0.1) is 0 Å². The molecule has 3 fully saturated rings. The van der Waals surface area contributed by atoms with Crippen molar-refractivity contribution in [2.45, 2.75) is 117 Å². The van der Waals surface area contributed by atoms with Gasteiger partial charge in [-0.2, -0.15) is 0 Å². The van der Waals surface area contributed by atoms with Gasteiger partial charge in [-0.05, 0) is 110 Å². The molecule has 16 N–H and O–H groups in total. The van der Waals surface area contributed by atoms with Crippen molar-refractivity contribution < 1.29 is 95.3 Å². The lowest BCUT2D eigenvalue weighted by Gasteiger charge is -2.51. The van der Waals surface area contributed by atoms with Crippen LogP contribution in [0.3, 0.4) is 0 Å². The number of rotatable bonds is 27. The molecule has 2 saturated heterocycles. The van der Waals surface area contributed by atoms with Crippen LogP contribution in [-0.4, -0.2) is 166 Å². The van der Waals surface area contributed by atoms with E-state index in [0.29, 0.717) is 22.6 Å². The smallest absolute Gasteiger partial charge is 0.412 e. The Labute approximate surface area is 643 Å². The van der Waals surface area contributed by atoms with E-state index < -0.39 is 172 Å². The van der Waals surface area contributed by atoms with Crippen molar-refractivity contribution in [1.82, 2.24) is 5.32 Å². The molecule has 11 rings (SSSR count). The van der Waals surface area contributed by atoms with Crippen LogP contribution in [0.4, 0.5) is 73.4 Å². The van der Waals surface area contributed by atoms with Gasteiger partial charge in [-0.25, -0.2) is 33.6 Å². The molecule has 0 spiro atoms. The Balaban J connectivity index is 1.03. The van der Waals surface area contributed by atoms with Crippen molar-refractivity contribution >= 4 is 94.3 Å². The number of esters is 1. The highest BCUT2D eigenvalue weighted by Crippen LogP contribution is 2.41. The summed E-state index contributed by atoms with van der Waals surface area (Å²) in [6.45, 7) is -1.46. The molecule has 8 amide bonds. The van der Waals surface area contributed by atoms with Crippen LogP contribution < -0.4 is 65.5 Å². The Kier molecular flexibility index (Phi) is 28.8. The number of anilines is 7. The molecule has 0 unspecified atom stereocenters. The molecule has 2 aliphatic heterocycles. The van der Waals surface area contributed by atoms with Gasteiger partial charge in [0, 0.05) is 64.7 Å². The molecule has 8 aromatic rings. The largest absolute Gasteiger partial charge is 0.455 e. The molecule has 0 bridgehead atoms. The quantitative estimate of drug-likeness (QED) is 0.0168. The summed E-state index contributed by atoms with van der Waals surface area (Å²) in [5, 5.41) is 21.4. The second-order valence-electron chi connectivity index (χ2n) is 26.1. The van der Waals surface area contributed by atoms with Crippen LogP contribution in [0.2, 0.25) is 0 Å². The van der Waals surface area contributed by atoms with Crippen molar-refractivity contribution in [3.8, 4) is 0 Å². The zero-order valence-corrected chi connectivity index (χ0v) is 60.3. The fourth-order valence-electron chi connectivity index (χ4n) is 13.0. The molecule has 1 aliphatic carbocycles. The molecule has 112 heavy (non-hydrogen) atoms. The predicted molar refractivity (Wildman–Crippen MR) is 409 cm³/mol. The lowest BCUT2D eigenvalue weighted by Crippen LogP contribution is -2.69. The monoisotopic (exact) mass is 1530 g/mol. The number of para-hydroxylation sites is 7. The van der Waals surface area contributed by atoms with Gasteiger partial charge in [0.1, 0.15) is 31.0 Å². The van der Waals surface area contributed by atoms with Gasteiger partial charge in [0.15, 0.2) is 42.9 Å². The van der Waals surface area contributed by atoms with Gasteiger partial charge in [0.2, 0.25) is 0 Å². The average molecular weight is 1540 g/mol. The minimum atomic E-state index is -2.04. The minimum Gasteiger partial charge on any atom is -0.455 e. The van der Waals surface area contributed by atoms with Crippen LogP contribution in [0.5, 0.6) is 0 Å². The Hall–Kier alpha value is -12.7. The predicted octanol–water partition coefficient (Wildman–Crippen LogP) is 9.83. The van der Waals surface area contributed by atoms with Crippen molar-refractivity contribution in [3.05, 3.63) is 248 Å². The molecule has 16 atom stereocenters. The second kappa shape index (κ2) is 40.1. The number of benzene rings is 8. The third-order valence-corrected chi connectivity index (χ3v) is 18.2. The highest BCUT2D eigenvalue weighted by atomic mass is 16.7. The van der Waals surface area contributed by atoms with Crippen LogP contribution in [0.15, 0.2) is 243 Å². The van der Waals surface area contributed by atoms with Crippen molar-refractivity contribution in [3.63, 3.8) is 0 Å². The number of carbonyl (C=O) groups excluding carboxylic acids is 9. The van der Waals surface area contributed by atoms with E-state index in [2.05, 4.69) is 42.5 Å². The number of nitrogens with two attached hydrogens (primary N) is 4. The van der Waals surface area contributed by atoms with Crippen molar-refractivity contribution in [2.75, 3.05) is 56.9 Å². The first-order valence-electron chi connectivity index (χ1n) is 36.0. The lowest BCUT2D eigenvalue weighted by atomic mass is 9.73. The van der Waals surface area contributed by atoms with Gasteiger partial charge in [0.25, 0.3) is 5.91 Å². The van der Waals surface area contributed by atoms with Crippen LogP contribution in [0.25, 0.3) is 0 Å². The van der Waals surface area contributed by atoms with Gasteiger partial charge >= 0.3 is 48.6 Å². The summed E-state index contributed by atoms with van der Waals surface area (Å²) in [7, 11) is 0. The van der Waals surface area contributed by atoms with E-state index in [-0.39, 0.29) is 48.6 Å². The summed E-state index contributed by atoms with van der Waals surface area (Å²) in [6, 6.07) is 61.1. The molecule has 0 radical (unpaired) electrons. The van der Waals surface area contributed by atoms with Gasteiger partial charge in [-0.3, -0.25) is 46.8 Å². The highest BCUT2D eigenvalue weighted by Gasteiger charge is 2.58. The maximum absolute atomic E-state index is 15.3. The summed E-state index contributed by atoms with van der Waals surface area (Å²) in [4.78, 5) is 130. The Morgan fingerprint density at radius 1 is 0.393 bits per heavy atom. The molecule has 586 valence electrons. The van der Waals surface area contributed by atoms with E-state index in [1.165, 1.54) is 0 Å². The van der Waals surface area contributed by atoms with Gasteiger partial charge < -0.3 is 80.4 Å². The third-order valence-electron chi connectivity index (χ3n) is 18.2. The SMILES string of the molecule is NCC[C@H](OC(=O)Nc1ccccc1)C(=O)N[C@@H]1C[C@H](N)[C@@H](C[C@H]2O[C@H](CN)[C@@H](OC(=O)Nc3ccccc3)[C@H](OC(=O)Nc3ccccc3)[C@H]2OC(=O)Nc2ccccc2)[C@H](OC(=O)Nc2ccccc2)[C@H]1O[C@H]1O[C@H](COC(=O)Nc2ccccc2)[C@@H](OC(=O)Nc2ccccc2)[C@H](N)[C@H]1OC(=O)Cc1ccccc1. The number of hydrogen-bond acceptors (Lipinski definition) is 24. The van der Waals surface area contributed by atoms with Crippen molar-refractivity contribution in [1.29, 1.82) is 0 Å². The molecule has 0 aromatic heterocycles. The van der Waals surface area contributed by atoms with Crippen LogP contribution in [-0.2, 0) is 68.1 Å². The Morgan fingerprint density at radius 3 is 1.19 bits per heavy atom. The number of ether oxygens (including phenoxy) is 11. The number of carbonyl (C=O) groups is 9. The summed E-state index contributed by atoms with van der Waals surface area (Å²) in [5.74, 6) is -3.30. The molecule has 1 saturated carbocycles. The third kappa shape index (κ3) is 23.2. The van der Waals surface area contributed by atoms with E-state index in [0.717, 1.165) is 0 Å². The second-order valence-corrected chi connectivity index (χ2v) is 26.1. The summed E-state index contributed by atoms with van der Waals surface area (Å²) >= 11 is 0. The maximum Gasteiger partial charge on any atom is 0.412 e. The first kappa shape index (κ1) is 80.3. The number of hydrogen-bond donors (Lipinski definition) is 12. The molecule has 3 aliphatic rings. The van der Waals surface area contributed by atoms with Gasteiger partial charge in [-0.1, -0.05) is 158 Å². The topological polar surface area (TPSA) is 455 Å². The van der Waals surface area contributed by atoms with Crippen LogP contribution in [0, 0.1) is 5.92 Å². The zero-order valence-electron chi connectivity index (χ0n) is 60.3. The van der Waals surface area contributed by atoms with E-state index in [1.54, 1.807) is 243 Å². The molecular formula is C80H86N12O20. The molecule has 32 heteroatoms. The summed E-state index contributed by atoms with van der Waals surface area (Å²) in [5.41, 5.74) is 29.9. The molecule has 32 nitrogen and oxygen atoms in total. The van der Waals surface area contributed by atoms with E-state index in [1.807, 2.05) is 0 Å². The minimum absolute atomic E-state index is 0.211.